The van der Waals surface area contributed by atoms with Gasteiger partial charge < -0.3 is 20.1 Å². The molecule has 3 atom stereocenters. The lowest BCUT2D eigenvalue weighted by atomic mass is 9.46. The minimum atomic E-state index is 0. The van der Waals surface area contributed by atoms with Gasteiger partial charge in [0.15, 0.2) is 5.96 Å². The van der Waals surface area contributed by atoms with Gasteiger partial charge in [-0.3, -0.25) is 4.99 Å². The summed E-state index contributed by atoms with van der Waals surface area (Å²) in [6, 6.07) is 0.568. The largest absolute Gasteiger partial charge is 0.381 e. The van der Waals surface area contributed by atoms with Crippen LogP contribution in [0.15, 0.2) is 4.99 Å². The van der Waals surface area contributed by atoms with Crippen LogP contribution < -0.4 is 10.6 Å². The minimum Gasteiger partial charge on any atom is -0.381 e. The Morgan fingerprint density at radius 2 is 1.96 bits per heavy atom. The lowest BCUT2D eigenvalue weighted by Gasteiger charge is -2.63. The molecular formula is C18H32IN3O2. The van der Waals surface area contributed by atoms with Crippen LogP contribution in [0.4, 0.5) is 0 Å². The third-order valence-corrected chi connectivity index (χ3v) is 6.74. The second-order valence-corrected chi connectivity index (χ2v) is 7.80. The highest BCUT2D eigenvalue weighted by molar-refractivity contribution is 14.0. The Hall–Kier alpha value is -0.0800. The van der Waals surface area contributed by atoms with Crippen molar-refractivity contribution in [2.75, 3.05) is 33.4 Å². The van der Waals surface area contributed by atoms with E-state index in [4.69, 9.17) is 9.47 Å². The molecule has 2 N–H and O–H groups in total. The van der Waals surface area contributed by atoms with Gasteiger partial charge in [-0.1, -0.05) is 6.42 Å². The van der Waals surface area contributed by atoms with Crippen LogP contribution in [0.1, 0.15) is 44.9 Å². The van der Waals surface area contributed by atoms with Crippen LogP contribution in [0.5, 0.6) is 0 Å². The first-order valence-corrected chi connectivity index (χ1v) is 9.50. The molecule has 6 heteroatoms. The maximum Gasteiger partial charge on any atom is 0.191 e. The van der Waals surface area contributed by atoms with Crippen molar-refractivity contribution in [3.05, 3.63) is 0 Å². The number of rotatable bonds is 4. The monoisotopic (exact) mass is 449 g/mol. The van der Waals surface area contributed by atoms with Gasteiger partial charge in [0.2, 0.25) is 0 Å². The molecule has 24 heavy (non-hydrogen) atoms. The number of fused-ring (bicyclic) bond motifs is 2. The molecule has 2 aliphatic carbocycles. The molecule has 1 spiro atoms. The summed E-state index contributed by atoms with van der Waals surface area (Å²) in [6.07, 6.45) is 9.38. The molecule has 0 aromatic carbocycles. The van der Waals surface area contributed by atoms with Crippen LogP contribution in [0.25, 0.3) is 0 Å². The molecule has 0 aromatic heterocycles. The van der Waals surface area contributed by atoms with E-state index >= 15 is 0 Å². The van der Waals surface area contributed by atoms with Gasteiger partial charge in [0, 0.05) is 50.8 Å². The molecule has 4 fully saturated rings. The van der Waals surface area contributed by atoms with E-state index in [0.29, 0.717) is 23.5 Å². The highest BCUT2D eigenvalue weighted by Crippen LogP contribution is 2.62. The van der Waals surface area contributed by atoms with Crippen molar-refractivity contribution in [2.45, 2.75) is 57.1 Å². The average Bonchev–Trinajstić information content (AvgIpc) is 2.95. The van der Waals surface area contributed by atoms with Crippen molar-refractivity contribution in [3.63, 3.8) is 0 Å². The Morgan fingerprint density at radius 1 is 1.17 bits per heavy atom. The van der Waals surface area contributed by atoms with E-state index in [9.17, 15) is 0 Å². The normalized spacial score (nSPS) is 34.7. The van der Waals surface area contributed by atoms with Crippen molar-refractivity contribution in [2.24, 2.45) is 22.2 Å². The summed E-state index contributed by atoms with van der Waals surface area (Å²) in [5.74, 6) is 2.49. The maximum absolute atomic E-state index is 6.00. The van der Waals surface area contributed by atoms with Crippen molar-refractivity contribution >= 4 is 29.9 Å². The van der Waals surface area contributed by atoms with E-state index in [-0.39, 0.29) is 24.0 Å². The molecule has 138 valence electrons. The molecule has 2 aliphatic heterocycles. The number of nitrogens with zero attached hydrogens (tertiary/aromatic N) is 1. The molecule has 0 aromatic rings. The SMILES string of the molecule is CN=C(NCCC1CCOCC1)NC1C2CCOC2C12CCC2.I. The van der Waals surface area contributed by atoms with E-state index in [1.165, 1.54) is 44.9 Å². The van der Waals surface area contributed by atoms with Gasteiger partial charge in [-0.2, -0.15) is 0 Å². The second-order valence-electron chi connectivity index (χ2n) is 7.80. The summed E-state index contributed by atoms with van der Waals surface area (Å²) in [5, 5.41) is 7.28. The van der Waals surface area contributed by atoms with Gasteiger partial charge in [-0.15, -0.1) is 24.0 Å². The zero-order valence-electron chi connectivity index (χ0n) is 14.8. The predicted molar refractivity (Wildman–Crippen MR) is 106 cm³/mol. The number of guanidine groups is 1. The van der Waals surface area contributed by atoms with Crippen molar-refractivity contribution in [1.82, 2.24) is 10.6 Å². The number of nitrogens with one attached hydrogen (secondary N) is 2. The zero-order valence-corrected chi connectivity index (χ0v) is 17.1. The summed E-state index contributed by atoms with van der Waals surface area (Å²) in [7, 11) is 1.89. The van der Waals surface area contributed by atoms with Gasteiger partial charge in [-0.25, -0.2) is 0 Å². The van der Waals surface area contributed by atoms with Crippen LogP contribution in [0.2, 0.25) is 0 Å². The van der Waals surface area contributed by atoms with Gasteiger partial charge in [0.25, 0.3) is 0 Å². The Bertz CT molecular complexity index is 450. The van der Waals surface area contributed by atoms with Crippen LogP contribution in [-0.2, 0) is 9.47 Å². The third kappa shape index (κ3) is 3.30. The quantitative estimate of drug-likeness (QED) is 0.394. The fourth-order valence-corrected chi connectivity index (χ4v) is 5.23. The molecule has 2 heterocycles. The Kier molecular flexibility index (Phi) is 6.30. The maximum atomic E-state index is 6.00. The fraction of sp³-hybridized carbons (Fsp3) is 0.944. The molecule has 2 saturated carbocycles. The molecule has 3 unspecified atom stereocenters. The number of halogens is 1. The van der Waals surface area contributed by atoms with E-state index in [1.807, 2.05) is 7.05 Å². The molecule has 4 rings (SSSR count). The summed E-state index contributed by atoms with van der Waals surface area (Å²) >= 11 is 0. The topological polar surface area (TPSA) is 54.9 Å². The van der Waals surface area contributed by atoms with Crippen LogP contribution in [0, 0.1) is 17.3 Å². The Labute approximate surface area is 162 Å². The molecule has 2 saturated heterocycles. The van der Waals surface area contributed by atoms with E-state index in [1.54, 1.807) is 0 Å². The highest BCUT2D eigenvalue weighted by Gasteiger charge is 2.66. The Balaban J connectivity index is 0.00000169. The van der Waals surface area contributed by atoms with Crippen molar-refractivity contribution in [3.8, 4) is 0 Å². The van der Waals surface area contributed by atoms with E-state index in [0.717, 1.165) is 38.2 Å². The lowest BCUT2D eigenvalue weighted by molar-refractivity contribution is -0.171. The first-order valence-electron chi connectivity index (χ1n) is 9.50. The van der Waals surface area contributed by atoms with Gasteiger partial charge in [-0.05, 0) is 44.4 Å². The lowest BCUT2D eigenvalue weighted by Crippen LogP contribution is -2.72. The number of hydrogen-bond donors (Lipinski definition) is 2. The number of aliphatic imine (C=N–C) groups is 1. The molecule has 0 bridgehead atoms. The predicted octanol–water partition coefficient (Wildman–Crippen LogP) is 2.54. The summed E-state index contributed by atoms with van der Waals surface area (Å²) in [4.78, 5) is 4.46. The van der Waals surface area contributed by atoms with E-state index < -0.39 is 0 Å². The van der Waals surface area contributed by atoms with Crippen molar-refractivity contribution < 1.29 is 9.47 Å². The van der Waals surface area contributed by atoms with Gasteiger partial charge >= 0.3 is 0 Å². The highest BCUT2D eigenvalue weighted by atomic mass is 127. The van der Waals surface area contributed by atoms with Crippen LogP contribution in [0.3, 0.4) is 0 Å². The van der Waals surface area contributed by atoms with Gasteiger partial charge in [0.05, 0.1) is 6.10 Å². The average molecular weight is 449 g/mol. The van der Waals surface area contributed by atoms with Crippen LogP contribution >= 0.6 is 24.0 Å². The zero-order chi connectivity index (χ0) is 15.7. The second kappa shape index (κ2) is 8.08. The van der Waals surface area contributed by atoms with Crippen LogP contribution in [-0.4, -0.2) is 51.5 Å². The standard InChI is InChI=1S/C18H31N3O2.HI/c1-19-17(20-9-3-13-4-10-22-11-5-13)21-15-14-6-12-23-16(14)18(15)7-2-8-18;/h13-16H,2-12H2,1H3,(H2,19,20,21);1H. The first kappa shape index (κ1) is 18.7. The molecular weight excluding hydrogens is 417 g/mol. The molecule has 0 amide bonds. The Morgan fingerprint density at radius 3 is 2.62 bits per heavy atom. The molecule has 0 radical (unpaired) electrons. The van der Waals surface area contributed by atoms with E-state index in [2.05, 4.69) is 15.6 Å². The van der Waals surface area contributed by atoms with Gasteiger partial charge in [0.1, 0.15) is 0 Å². The number of hydrogen-bond acceptors (Lipinski definition) is 3. The minimum absolute atomic E-state index is 0. The molecule has 4 aliphatic rings. The summed E-state index contributed by atoms with van der Waals surface area (Å²) < 4.78 is 11.4. The molecule has 5 nitrogen and oxygen atoms in total. The first-order chi connectivity index (χ1) is 11.3. The fourth-order valence-electron chi connectivity index (χ4n) is 5.23. The summed E-state index contributed by atoms with van der Waals surface area (Å²) in [6.45, 7) is 3.83. The van der Waals surface area contributed by atoms with Crippen molar-refractivity contribution in [1.29, 1.82) is 0 Å². The smallest absolute Gasteiger partial charge is 0.191 e. The summed E-state index contributed by atoms with van der Waals surface area (Å²) in [5.41, 5.74) is 0.416. The number of ether oxygens (including phenoxy) is 2. The third-order valence-electron chi connectivity index (χ3n) is 6.74.